The Labute approximate surface area is 110 Å². The lowest BCUT2D eigenvalue weighted by Crippen LogP contribution is -2.34. The number of nitrogens with one attached hydrogen (secondary N) is 1. The van der Waals surface area contributed by atoms with Crippen LogP contribution in [-0.4, -0.2) is 10.6 Å². The van der Waals surface area contributed by atoms with E-state index in [-0.39, 0.29) is 0 Å². The molecule has 90 valence electrons. The third kappa shape index (κ3) is 2.02. The predicted octanol–water partition coefficient (Wildman–Crippen LogP) is 3.58. The minimum absolute atomic E-state index is 0.748. The van der Waals surface area contributed by atoms with Crippen LogP contribution in [0.5, 0.6) is 0 Å². The van der Waals surface area contributed by atoms with Crippen LogP contribution in [0.1, 0.15) is 24.8 Å². The summed E-state index contributed by atoms with van der Waals surface area (Å²) in [6, 6.07) is 7.17. The van der Waals surface area contributed by atoms with E-state index in [0.717, 1.165) is 12.6 Å². The van der Waals surface area contributed by atoms with E-state index in [9.17, 15) is 0 Å². The van der Waals surface area contributed by atoms with Crippen molar-refractivity contribution in [3.63, 3.8) is 0 Å². The molecule has 1 heterocycles. The van der Waals surface area contributed by atoms with E-state index in [1.54, 1.807) is 0 Å². The third-order valence-corrected chi connectivity index (χ3v) is 4.36. The van der Waals surface area contributed by atoms with Gasteiger partial charge in [-0.05, 0) is 40.4 Å². The van der Waals surface area contributed by atoms with Gasteiger partial charge >= 0.3 is 0 Å². The summed E-state index contributed by atoms with van der Waals surface area (Å²) in [7, 11) is 2.11. The molecule has 1 saturated carbocycles. The standard InChI is InChI=1S/C14H17BrN2/c1-17-9-10(8-16-11-4-2-5-11)12-6-3-7-13(15)14(12)17/h3,6-7,9,11,16H,2,4-5,8H2,1H3. The second-order valence-electron chi connectivity index (χ2n) is 4.91. The van der Waals surface area contributed by atoms with Crippen LogP contribution < -0.4 is 5.32 Å². The maximum atomic E-state index is 3.63. The lowest BCUT2D eigenvalue weighted by Gasteiger charge is -2.26. The van der Waals surface area contributed by atoms with Crippen molar-refractivity contribution in [2.45, 2.75) is 31.8 Å². The van der Waals surface area contributed by atoms with Crippen molar-refractivity contribution in [2.75, 3.05) is 0 Å². The molecule has 0 unspecified atom stereocenters. The number of para-hydroxylation sites is 1. The van der Waals surface area contributed by atoms with Crippen molar-refractivity contribution < 1.29 is 0 Å². The number of fused-ring (bicyclic) bond motifs is 1. The van der Waals surface area contributed by atoms with Crippen molar-refractivity contribution in [3.8, 4) is 0 Å². The summed E-state index contributed by atoms with van der Waals surface area (Å²) in [6.07, 6.45) is 6.31. The molecule has 3 heteroatoms. The molecule has 1 aromatic carbocycles. The molecule has 0 radical (unpaired) electrons. The van der Waals surface area contributed by atoms with Gasteiger partial charge in [-0.15, -0.1) is 0 Å². The van der Waals surface area contributed by atoms with Crippen LogP contribution in [0, 0.1) is 0 Å². The summed E-state index contributed by atoms with van der Waals surface area (Å²) in [6.45, 7) is 0.985. The molecule has 17 heavy (non-hydrogen) atoms. The van der Waals surface area contributed by atoms with Gasteiger partial charge in [0.1, 0.15) is 0 Å². The van der Waals surface area contributed by atoms with E-state index in [0.29, 0.717) is 0 Å². The molecule has 1 N–H and O–H groups in total. The van der Waals surface area contributed by atoms with Gasteiger partial charge in [0.05, 0.1) is 5.52 Å². The van der Waals surface area contributed by atoms with Crippen LogP contribution in [0.25, 0.3) is 10.9 Å². The van der Waals surface area contributed by atoms with Crippen molar-refractivity contribution in [1.82, 2.24) is 9.88 Å². The van der Waals surface area contributed by atoms with Gasteiger partial charge in [0.25, 0.3) is 0 Å². The summed E-state index contributed by atoms with van der Waals surface area (Å²) >= 11 is 3.62. The highest BCUT2D eigenvalue weighted by molar-refractivity contribution is 9.10. The fourth-order valence-electron chi connectivity index (χ4n) is 2.51. The Morgan fingerprint density at radius 1 is 1.41 bits per heavy atom. The highest BCUT2D eigenvalue weighted by atomic mass is 79.9. The predicted molar refractivity (Wildman–Crippen MR) is 75.1 cm³/mol. The number of aryl methyl sites for hydroxylation is 1. The molecule has 0 saturated heterocycles. The maximum Gasteiger partial charge on any atom is 0.0625 e. The topological polar surface area (TPSA) is 17.0 Å². The highest BCUT2D eigenvalue weighted by Crippen LogP contribution is 2.28. The lowest BCUT2D eigenvalue weighted by molar-refractivity contribution is 0.338. The van der Waals surface area contributed by atoms with Crippen molar-refractivity contribution in [3.05, 3.63) is 34.4 Å². The Bertz CT molecular complexity index is 540. The van der Waals surface area contributed by atoms with Gasteiger partial charge in [-0.1, -0.05) is 18.6 Å². The zero-order chi connectivity index (χ0) is 11.8. The van der Waals surface area contributed by atoms with E-state index in [2.05, 4.69) is 57.3 Å². The molecule has 2 nitrogen and oxygen atoms in total. The summed E-state index contributed by atoms with van der Waals surface area (Å²) in [5, 5.41) is 4.99. The molecule has 0 atom stereocenters. The van der Waals surface area contributed by atoms with Gasteiger partial charge in [-0.25, -0.2) is 0 Å². The quantitative estimate of drug-likeness (QED) is 0.915. The first-order valence-electron chi connectivity index (χ1n) is 6.21. The van der Waals surface area contributed by atoms with Crippen LogP contribution in [-0.2, 0) is 13.6 Å². The van der Waals surface area contributed by atoms with Crippen molar-refractivity contribution in [1.29, 1.82) is 0 Å². The summed E-state index contributed by atoms with van der Waals surface area (Å²) < 4.78 is 3.38. The minimum atomic E-state index is 0.748. The number of hydrogen-bond acceptors (Lipinski definition) is 1. The first-order chi connectivity index (χ1) is 8.25. The maximum absolute atomic E-state index is 3.63. The van der Waals surface area contributed by atoms with E-state index in [4.69, 9.17) is 0 Å². The Morgan fingerprint density at radius 2 is 2.24 bits per heavy atom. The smallest absolute Gasteiger partial charge is 0.0625 e. The molecular formula is C14H17BrN2. The highest BCUT2D eigenvalue weighted by Gasteiger charge is 2.17. The number of halogens is 1. The zero-order valence-electron chi connectivity index (χ0n) is 10.0. The molecule has 0 amide bonds. The molecule has 1 aliphatic rings. The first-order valence-corrected chi connectivity index (χ1v) is 7.01. The van der Waals surface area contributed by atoms with Crippen LogP contribution in [0.15, 0.2) is 28.9 Å². The number of rotatable bonds is 3. The summed E-state index contributed by atoms with van der Waals surface area (Å²) in [4.78, 5) is 0. The van der Waals surface area contributed by atoms with Crippen LogP contribution in [0.4, 0.5) is 0 Å². The second kappa shape index (κ2) is 4.46. The average Bonchev–Trinajstić information content (AvgIpc) is 2.55. The molecule has 3 rings (SSSR count). The normalized spacial score (nSPS) is 16.4. The molecule has 1 fully saturated rings. The third-order valence-electron chi connectivity index (χ3n) is 3.72. The van der Waals surface area contributed by atoms with Crippen molar-refractivity contribution >= 4 is 26.8 Å². The molecular weight excluding hydrogens is 276 g/mol. The summed E-state index contributed by atoms with van der Waals surface area (Å²) in [5.74, 6) is 0. The number of aromatic nitrogens is 1. The fraction of sp³-hybridized carbons (Fsp3) is 0.429. The molecule has 2 aromatic rings. The van der Waals surface area contributed by atoms with Gasteiger partial charge in [0.15, 0.2) is 0 Å². The Kier molecular flexibility index (Phi) is 2.97. The Hall–Kier alpha value is -0.800. The van der Waals surface area contributed by atoms with Gasteiger partial charge in [0.2, 0.25) is 0 Å². The van der Waals surface area contributed by atoms with Crippen molar-refractivity contribution in [2.24, 2.45) is 7.05 Å². The lowest BCUT2D eigenvalue weighted by atomic mass is 9.93. The first kappa shape index (κ1) is 11.3. The van der Waals surface area contributed by atoms with Crippen LogP contribution >= 0.6 is 15.9 Å². The fourth-order valence-corrected chi connectivity index (χ4v) is 3.15. The molecule has 0 aliphatic heterocycles. The largest absolute Gasteiger partial charge is 0.349 e. The SMILES string of the molecule is Cn1cc(CNC2CCC2)c2cccc(Br)c21. The average molecular weight is 293 g/mol. The van der Waals surface area contributed by atoms with Crippen LogP contribution in [0.2, 0.25) is 0 Å². The molecule has 0 spiro atoms. The zero-order valence-corrected chi connectivity index (χ0v) is 11.6. The van der Waals surface area contributed by atoms with Gasteiger partial charge in [0, 0.05) is 35.7 Å². The minimum Gasteiger partial charge on any atom is -0.349 e. The van der Waals surface area contributed by atoms with E-state index < -0.39 is 0 Å². The number of benzene rings is 1. The summed E-state index contributed by atoms with van der Waals surface area (Å²) in [5.41, 5.74) is 2.69. The van der Waals surface area contributed by atoms with Gasteiger partial charge in [-0.2, -0.15) is 0 Å². The van der Waals surface area contributed by atoms with Crippen LogP contribution in [0.3, 0.4) is 0 Å². The second-order valence-corrected chi connectivity index (χ2v) is 5.76. The van der Waals surface area contributed by atoms with E-state index >= 15 is 0 Å². The molecule has 1 aromatic heterocycles. The number of nitrogens with zero attached hydrogens (tertiary/aromatic N) is 1. The van der Waals surface area contributed by atoms with Gasteiger partial charge < -0.3 is 9.88 Å². The molecule has 1 aliphatic carbocycles. The van der Waals surface area contributed by atoms with E-state index in [1.165, 1.54) is 40.2 Å². The molecule has 0 bridgehead atoms. The Balaban J connectivity index is 1.90. The number of hydrogen-bond donors (Lipinski definition) is 1. The van der Waals surface area contributed by atoms with E-state index in [1.807, 2.05) is 0 Å². The monoisotopic (exact) mass is 292 g/mol. The van der Waals surface area contributed by atoms with Gasteiger partial charge in [-0.3, -0.25) is 0 Å². The Morgan fingerprint density at radius 3 is 2.94 bits per heavy atom.